The Hall–Kier alpha value is -0.920. The zero-order valence-corrected chi connectivity index (χ0v) is 14.4. The van der Waals surface area contributed by atoms with Crippen molar-refractivity contribution in [2.75, 3.05) is 0 Å². The number of hydrogen-bond acceptors (Lipinski definition) is 4. The molecule has 0 heterocycles. The Bertz CT molecular complexity index is 780. The predicted molar refractivity (Wildman–Crippen MR) is 86.6 cm³/mol. The van der Waals surface area contributed by atoms with E-state index < -0.39 is 24.8 Å². The molecule has 5 nitrogen and oxygen atoms in total. The Morgan fingerprint density at radius 2 is 1.30 bits per heavy atom. The molecule has 0 amide bonds. The van der Waals surface area contributed by atoms with E-state index in [2.05, 4.69) is 4.13 Å². The van der Waals surface area contributed by atoms with Gasteiger partial charge in [-0.15, -0.1) is 4.13 Å². The van der Waals surface area contributed by atoms with Crippen LogP contribution in [0.15, 0.2) is 35.2 Å². The van der Waals surface area contributed by atoms with E-state index in [4.69, 9.17) is 0 Å². The maximum atomic E-state index is 13.0. The third kappa shape index (κ3) is 2.53. The predicted octanol–water partition coefficient (Wildman–Crippen LogP) is 2.26. The molecule has 0 aromatic heterocycles. The van der Waals surface area contributed by atoms with Gasteiger partial charge >= 0.3 is 0 Å². The van der Waals surface area contributed by atoms with Gasteiger partial charge in [0.1, 0.15) is 0 Å². The number of rotatable bonds is 4. The summed E-state index contributed by atoms with van der Waals surface area (Å²) in [6.45, 7) is 0. The van der Waals surface area contributed by atoms with Gasteiger partial charge in [0.15, 0.2) is 0 Å². The van der Waals surface area contributed by atoms with E-state index in [0.717, 1.165) is 19.3 Å². The van der Waals surface area contributed by atoms with Gasteiger partial charge in [-0.25, -0.2) is 16.8 Å². The van der Waals surface area contributed by atoms with Gasteiger partial charge in [0, 0.05) is 0 Å². The second-order valence-corrected chi connectivity index (χ2v) is 11.5. The smallest absolute Gasteiger partial charge is 0.211 e. The fraction of sp³-hybridized carbons (Fsp3) is 0.625. The largest absolute Gasteiger partial charge is 0.253 e. The van der Waals surface area contributed by atoms with Crippen LogP contribution in [-0.2, 0) is 20.0 Å². The highest BCUT2D eigenvalue weighted by Crippen LogP contribution is 2.58. The Morgan fingerprint density at radius 3 is 1.78 bits per heavy atom. The first-order valence-electron chi connectivity index (χ1n) is 8.13. The minimum absolute atomic E-state index is 0.00620. The van der Waals surface area contributed by atoms with Gasteiger partial charge in [-0.1, -0.05) is 18.2 Å². The van der Waals surface area contributed by atoms with Crippen LogP contribution >= 0.6 is 0 Å². The average Bonchev–Trinajstić information content (AvgIpc) is 2.45. The molecule has 0 aliphatic heterocycles. The normalized spacial score (nSPS) is 36.3. The highest BCUT2D eigenvalue weighted by atomic mass is 32.3. The third-order valence-corrected chi connectivity index (χ3v) is 10.1. The van der Waals surface area contributed by atoms with Gasteiger partial charge in [-0.3, -0.25) is 0 Å². The monoisotopic (exact) mass is 355 g/mol. The van der Waals surface area contributed by atoms with Crippen molar-refractivity contribution in [1.29, 1.82) is 0 Å². The molecule has 1 aromatic carbocycles. The Kier molecular flexibility index (Phi) is 3.42. The van der Waals surface area contributed by atoms with Crippen molar-refractivity contribution in [3.63, 3.8) is 0 Å². The van der Waals surface area contributed by atoms with Gasteiger partial charge in [-0.2, -0.15) is 0 Å². The van der Waals surface area contributed by atoms with Crippen LogP contribution in [0, 0.1) is 17.8 Å². The van der Waals surface area contributed by atoms with Gasteiger partial charge in [0.05, 0.1) is 9.64 Å². The first-order chi connectivity index (χ1) is 10.8. The molecule has 0 saturated heterocycles. The topological polar surface area (TPSA) is 80.3 Å². The highest BCUT2D eigenvalue weighted by Gasteiger charge is 2.58. The number of hydrogen-bond donors (Lipinski definition) is 1. The lowest BCUT2D eigenvalue weighted by molar-refractivity contribution is 0.0336. The molecule has 0 unspecified atom stereocenters. The average molecular weight is 355 g/mol. The Morgan fingerprint density at radius 1 is 0.826 bits per heavy atom. The van der Waals surface area contributed by atoms with Crippen molar-refractivity contribution < 1.29 is 16.8 Å². The molecule has 4 aliphatic carbocycles. The molecule has 126 valence electrons. The molecule has 0 atom stereocenters. The van der Waals surface area contributed by atoms with Crippen LogP contribution in [0.3, 0.4) is 0 Å². The molecular formula is C16H21NO4S2. The molecule has 1 N–H and O–H groups in total. The minimum atomic E-state index is -4.05. The SMILES string of the molecule is O=S(=O)(NS(=O)(=O)C12CC3CC(CC(C3)C1)C2)c1ccccc1. The quantitative estimate of drug-likeness (QED) is 0.898. The maximum Gasteiger partial charge on any atom is 0.253 e. The minimum Gasteiger partial charge on any atom is -0.211 e. The Balaban J connectivity index is 1.66. The molecule has 7 heteroatoms. The van der Waals surface area contributed by atoms with Crippen LogP contribution in [-0.4, -0.2) is 21.6 Å². The van der Waals surface area contributed by atoms with Gasteiger partial charge in [0.25, 0.3) is 10.0 Å². The fourth-order valence-corrected chi connectivity index (χ4v) is 9.37. The van der Waals surface area contributed by atoms with Crippen LogP contribution in [0.25, 0.3) is 0 Å². The van der Waals surface area contributed by atoms with Crippen molar-refractivity contribution in [3.05, 3.63) is 30.3 Å². The van der Waals surface area contributed by atoms with E-state index in [1.165, 1.54) is 12.1 Å². The van der Waals surface area contributed by atoms with E-state index in [1.807, 2.05) is 0 Å². The van der Waals surface area contributed by atoms with E-state index in [0.29, 0.717) is 37.0 Å². The molecule has 4 fully saturated rings. The zero-order valence-electron chi connectivity index (χ0n) is 12.8. The first-order valence-corrected chi connectivity index (χ1v) is 11.1. The summed E-state index contributed by atoms with van der Waals surface area (Å²) < 4.78 is 52.0. The maximum absolute atomic E-state index is 13.0. The van der Waals surface area contributed by atoms with Crippen LogP contribution in [0.2, 0.25) is 0 Å². The van der Waals surface area contributed by atoms with Crippen molar-refractivity contribution >= 4 is 20.0 Å². The lowest BCUT2D eigenvalue weighted by Crippen LogP contribution is -2.58. The second-order valence-electron chi connectivity index (χ2n) is 7.50. The second kappa shape index (κ2) is 5.04. The summed E-state index contributed by atoms with van der Waals surface area (Å²) in [5.41, 5.74) is 0. The highest BCUT2D eigenvalue weighted by molar-refractivity contribution is 8.05. The van der Waals surface area contributed by atoms with Crippen molar-refractivity contribution in [3.8, 4) is 0 Å². The summed E-state index contributed by atoms with van der Waals surface area (Å²) in [6, 6.07) is 7.71. The van der Waals surface area contributed by atoms with Crippen LogP contribution in [0.5, 0.6) is 0 Å². The standard InChI is InChI=1S/C16H21NO4S2/c18-22(19,15-4-2-1-3-5-15)17-23(20,21)16-9-12-6-13(10-16)8-14(7-12)11-16/h1-5,12-14,17H,6-11H2. The summed E-state index contributed by atoms with van der Waals surface area (Å²) in [7, 11) is -7.97. The lowest BCUT2D eigenvalue weighted by atomic mass is 9.56. The van der Waals surface area contributed by atoms with Gasteiger partial charge in [-0.05, 0) is 68.4 Å². The van der Waals surface area contributed by atoms with Crippen LogP contribution in [0.4, 0.5) is 0 Å². The summed E-state index contributed by atoms with van der Waals surface area (Å²) in [4.78, 5) is -0.00620. The Labute approximate surface area is 137 Å². The summed E-state index contributed by atoms with van der Waals surface area (Å²) in [5.74, 6) is 1.33. The van der Waals surface area contributed by atoms with Crippen molar-refractivity contribution in [2.24, 2.45) is 17.8 Å². The van der Waals surface area contributed by atoms with Gasteiger partial charge < -0.3 is 0 Å². The summed E-state index contributed by atoms with van der Waals surface area (Å²) >= 11 is 0. The van der Waals surface area contributed by atoms with Gasteiger partial charge in [0.2, 0.25) is 10.0 Å². The molecule has 0 spiro atoms. The van der Waals surface area contributed by atoms with E-state index in [-0.39, 0.29) is 4.90 Å². The molecule has 1 aromatic rings. The summed E-state index contributed by atoms with van der Waals surface area (Å²) in [5, 5.41) is 0. The van der Waals surface area contributed by atoms with Crippen molar-refractivity contribution in [2.45, 2.75) is 48.2 Å². The van der Waals surface area contributed by atoms with E-state index in [9.17, 15) is 16.8 Å². The third-order valence-electron chi connectivity index (χ3n) is 5.83. The number of nitrogens with one attached hydrogen (secondary N) is 1. The number of benzene rings is 1. The molecule has 4 saturated carbocycles. The molecule has 23 heavy (non-hydrogen) atoms. The fourth-order valence-electron chi connectivity index (χ4n) is 5.24. The van der Waals surface area contributed by atoms with Crippen LogP contribution in [0.1, 0.15) is 38.5 Å². The first kappa shape index (κ1) is 15.6. The number of sulfonamides is 2. The zero-order chi connectivity index (χ0) is 16.3. The molecule has 4 bridgehead atoms. The molecule has 5 rings (SSSR count). The molecule has 4 aliphatic rings. The molecular weight excluding hydrogens is 334 g/mol. The van der Waals surface area contributed by atoms with Crippen LogP contribution < -0.4 is 4.13 Å². The summed E-state index contributed by atoms with van der Waals surface area (Å²) in [6.07, 6.45) is 5.16. The lowest BCUT2D eigenvalue weighted by Gasteiger charge is -2.55. The van der Waals surface area contributed by atoms with E-state index in [1.54, 1.807) is 18.2 Å². The van der Waals surface area contributed by atoms with E-state index >= 15 is 0 Å². The van der Waals surface area contributed by atoms with Crippen molar-refractivity contribution in [1.82, 2.24) is 4.13 Å². The molecule has 0 radical (unpaired) electrons.